The summed E-state index contributed by atoms with van der Waals surface area (Å²) in [6.45, 7) is 3.81. The van der Waals surface area contributed by atoms with E-state index in [1.165, 1.54) is 0 Å². The van der Waals surface area contributed by atoms with Gasteiger partial charge in [0.1, 0.15) is 12.3 Å². The smallest absolute Gasteiger partial charge is 0.294 e. The van der Waals surface area contributed by atoms with Crippen LogP contribution in [0.4, 0.5) is 16.2 Å². The van der Waals surface area contributed by atoms with Gasteiger partial charge in [0.05, 0.1) is 9.93 Å². The lowest BCUT2D eigenvalue weighted by molar-refractivity contribution is -0.136. The fourth-order valence-corrected chi connectivity index (χ4v) is 5.66. The highest BCUT2D eigenvalue weighted by Gasteiger charge is 2.37. The van der Waals surface area contributed by atoms with Crippen molar-refractivity contribution in [2.45, 2.75) is 6.92 Å². The molecule has 2 aliphatic heterocycles. The predicted molar refractivity (Wildman–Crippen MR) is 165 cm³/mol. The fraction of sp³-hybridized carbons (Fsp3) is 0.226. The van der Waals surface area contributed by atoms with Crippen LogP contribution in [-0.4, -0.2) is 72.1 Å². The van der Waals surface area contributed by atoms with Crippen LogP contribution < -0.4 is 15.0 Å². The molecule has 0 bridgehead atoms. The van der Waals surface area contributed by atoms with Gasteiger partial charge in [-0.3, -0.25) is 24.1 Å². The van der Waals surface area contributed by atoms with Crippen molar-refractivity contribution in [1.29, 1.82) is 0 Å². The molecule has 2 fully saturated rings. The summed E-state index contributed by atoms with van der Waals surface area (Å²) in [5.74, 6) is -0.813. The number of nitrogens with zero attached hydrogens (tertiary/aromatic N) is 3. The lowest BCUT2D eigenvalue weighted by atomic mass is 10.2. The van der Waals surface area contributed by atoms with Gasteiger partial charge >= 0.3 is 0 Å². The number of para-hydroxylation sites is 1. The Hall–Kier alpha value is -4.28. The molecule has 0 atom stereocenters. The summed E-state index contributed by atoms with van der Waals surface area (Å²) in [5.41, 5.74) is 3.42. The number of hydrogen-bond acceptors (Lipinski definition) is 7. The number of anilines is 2. The Morgan fingerprint density at radius 1 is 0.976 bits per heavy atom. The second-order valence-corrected chi connectivity index (χ2v) is 11.3. The molecule has 0 spiro atoms. The first kappa shape index (κ1) is 29.2. The number of imide groups is 1. The molecule has 9 nitrogen and oxygen atoms in total. The first-order valence-corrected chi connectivity index (χ1v) is 14.6. The highest BCUT2D eigenvalue weighted by molar-refractivity contribution is 8.18. The third-order valence-corrected chi connectivity index (χ3v) is 8.07. The number of piperazine rings is 1. The largest absolute Gasteiger partial charge is 0.482 e. The number of aryl methyl sites for hydroxylation is 1. The molecule has 3 aromatic rings. The van der Waals surface area contributed by atoms with Gasteiger partial charge in [-0.1, -0.05) is 53.6 Å². The Morgan fingerprint density at radius 2 is 1.69 bits per heavy atom. The van der Waals surface area contributed by atoms with E-state index in [2.05, 4.69) is 10.2 Å². The van der Waals surface area contributed by atoms with Crippen molar-refractivity contribution >= 4 is 63.8 Å². The standard InChI is InChI=1S/C31H29ClN4O5S/c1-21-7-10-23(11-8-21)33-28(37)20-41-26-12-9-22(17-25(26)32)18-27-30(39)36(31(40)42-27)19-29(38)35-15-13-34(14-16-35)24-5-3-2-4-6-24/h2-12,17-18H,13-16,19-20H2,1H3,(H,33,37)/b27-18+. The highest BCUT2D eigenvalue weighted by atomic mass is 35.5. The van der Waals surface area contributed by atoms with Crippen LogP contribution in [0.3, 0.4) is 0 Å². The van der Waals surface area contributed by atoms with Crippen LogP contribution in [0.2, 0.25) is 5.02 Å². The number of carbonyl (C=O) groups excluding carboxylic acids is 4. The van der Waals surface area contributed by atoms with Crippen molar-refractivity contribution in [3.63, 3.8) is 0 Å². The summed E-state index contributed by atoms with van der Waals surface area (Å²) < 4.78 is 5.56. The number of rotatable bonds is 8. The molecule has 0 saturated carbocycles. The van der Waals surface area contributed by atoms with Gasteiger partial charge in [-0.25, -0.2) is 0 Å². The molecule has 0 aromatic heterocycles. The minimum atomic E-state index is -0.523. The van der Waals surface area contributed by atoms with Crippen molar-refractivity contribution < 1.29 is 23.9 Å². The fourth-order valence-electron chi connectivity index (χ4n) is 4.58. The minimum Gasteiger partial charge on any atom is -0.482 e. The molecule has 0 radical (unpaired) electrons. The van der Waals surface area contributed by atoms with Crippen molar-refractivity contribution in [2.24, 2.45) is 0 Å². The maximum atomic E-state index is 13.0. The zero-order valence-corrected chi connectivity index (χ0v) is 24.5. The topological polar surface area (TPSA) is 99.3 Å². The van der Waals surface area contributed by atoms with Crippen LogP contribution in [-0.2, 0) is 14.4 Å². The summed E-state index contributed by atoms with van der Waals surface area (Å²) in [6, 6.07) is 22.2. The molecule has 2 heterocycles. The zero-order chi connectivity index (χ0) is 29.6. The lowest BCUT2D eigenvalue weighted by Crippen LogP contribution is -2.51. The summed E-state index contributed by atoms with van der Waals surface area (Å²) in [6.07, 6.45) is 1.55. The molecule has 5 rings (SSSR count). The number of ether oxygens (including phenoxy) is 1. The van der Waals surface area contributed by atoms with Gasteiger partial charge in [0.2, 0.25) is 5.91 Å². The number of benzene rings is 3. The van der Waals surface area contributed by atoms with Crippen LogP contribution in [0.5, 0.6) is 5.75 Å². The lowest BCUT2D eigenvalue weighted by Gasteiger charge is -2.36. The second-order valence-electron chi connectivity index (χ2n) is 9.86. The SMILES string of the molecule is Cc1ccc(NC(=O)COc2ccc(/C=C3/SC(=O)N(CC(=O)N4CCN(c5ccccc5)CC4)C3=O)cc2Cl)cc1. The Kier molecular flexibility index (Phi) is 9.14. The number of amides is 4. The third kappa shape index (κ3) is 7.13. The molecule has 0 aliphatic carbocycles. The van der Waals surface area contributed by atoms with E-state index in [9.17, 15) is 19.2 Å². The third-order valence-electron chi connectivity index (χ3n) is 6.87. The number of halogens is 1. The monoisotopic (exact) mass is 604 g/mol. The number of hydrogen-bond donors (Lipinski definition) is 1. The van der Waals surface area contributed by atoms with Crippen molar-refractivity contribution in [3.05, 3.63) is 93.9 Å². The molecular formula is C31H29ClN4O5S. The van der Waals surface area contributed by atoms with Crippen molar-refractivity contribution in [3.8, 4) is 5.75 Å². The average Bonchev–Trinajstić information content (AvgIpc) is 3.25. The van der Waals surface area contributed by atoms with Gasteiger partial charge in [0, 0.05) is 37.6 Å². The number of carbonyl (C=O) groups is 4. The van der Waals surface area contributed by atoms with E-state index in [1.807, 2.05) is 49.4 Å². The van der Waals surface area contributed by atoms with E-state index >= 15 is 0 Å². The van der Waals surface area contributed by atoms with Crippen molar-refractivity contribution in [1.82, 2.24) is 9.80 Å². The van der Waals surface area contributed by atoms with E-state index in [-0.39, 0.29) is 34.9 Å². The van der Waals surface area contributed by atoms with Crippen LogP contribution in [0.1, 0.15) is 11.1 Å². The molecule has 2 saturated heterocycles. The Labute approximate surface area is 253 Å². The van der Waals surface area contributed by atoms with E-state index in [0.717, 1.165) is 27.9 Å². The van der Waals surface area contributed by atoms with E-state index < -0.39 is 11.1 Å². The van der Waals surface area contributed by atoms with Crippen LogP contribution in [0.15, 0.2) is 77.7 Å². The van der Waals surface area contributed by atoms with Gasteiger partial charge in [0.25, 0.3) is 17.1 Å². The quantitative estimate of drug-likeness (QED) is 0.359. The Balaban J connectivity index is 1.14. The van der Waals surface area contributed by atoms with Gasteiger partial charge in [-0.2, -0.15) is 0 Å². The Bertz CT molecular complexity index is 1520. The molecule has 2 aliphatic rings. The molecule has 0 unspecified atom stereocenters. The predicted octanol–water partition coefficient (Wildman–Crippen LogP) is 5.05. The summed E-state index contributed by atoms with van der Waals surface area (Å²) in [5, 5.41) is 2.51. The Morgan fingerprint density at radius 3 is 2.38 bits per heavy atom. The molecular weight excluding hydrogens is 576 g/mol. The molecule has 4 amide bonds. The molecule has 1 N–H and O–H groups in total. The average molecular weight is 605 g/mol. The van der Waals surface area contributed by atoms with Crippen LogP contribution in [0.25, 0.3) is 6.08 Å². The number of nitrogens with one attached hydrogen (secondary N) is 1. The van der Waals surface area contributed by atoms with Gasteiger partial charge < -0.3 is 19.9 Å². The van der Waals surface area contributed by atoms with E-state index in [0.29, 0.717) is 43.2 Å². The highest BCUT2D eigenvalue weighted by Crippen LogP contribution is 2.34. The van der Waals surface area contributed by atoms with E-state index in [1.54, 1.807) is 41.3 Å². The summed E-state index contributed by atoms with van der Waals surface area (Å²) >= 11 is 7.15. The van der Waals surface area contributed by atoms with Gasteiger partial charge in [0.15, 0.2) is 6.61 Å². The maximum Gasteiger partial charge on any atom is 0.294 e. The second kappa shape index (κ2) is 13.1. The van der Waals surface area contributed by atoms with Crippen LogP contribution >= 0.6 is 23.4 Å². The molecule has 11 heteroatoms. The summed E-state index contributed by atoms with van der Waals surface area (Å²) in [4.78, 5) is 55.9. The first-order chi connectivity index (χ1) is 20.3. The maximum absolute atomic E-state index is 13.0. The van der Waals surface area contributed by atoms with Crippen LogP contribution in [0, 0.1) is 6.92 Å². The molecule has 3 aromatic carbocycles. The van der Waals surface area contributed by atoms with Gasteiger partial charge in [-0.05, 0) is 66.7 Å². The van der Waals surface area contributed by atoms with Gasteiger partial charge in [-0.15, -0.1) is 0 Å². The van der Waals surface area contributed by atoms with Crippen molar-refractivity contribution in [2.75, 3.05) is 49.5 Å². The minimum absolute atomic E-state index is 0.198. The van der Waals surface area contributed by atoms with E-state index in [4.69, 9.17) is 16.3 Å². The number of thioether (sulfide) groups is 1. The molecule has 216 valence electrons. The summed E-state index contributed by atoms with van der Waals surface area (Å²) in [7, 11) is 0. The normalized spacial score (nSPS) is 16.2. The zero-order valence-electron chi connectivity index (χ0n) is 22.9. The molecule has 42 heavy (non-hydrogen) atoms. The first-order valence-electron chi connectivity index (χ1n) is 13.4.